The molecule has 0 spiro atoms. The van der Waals surface area contributed by atoms with Gasteiger partial charge in [-0.3, -0.25) is 9.59 Å². The maximum Gasteiger partial charge on any atom is 0.417 e. The van der Waals surface area contributed by atoms with E-state index in [4.69, 9.17) is 9.61 Å². The molecule has 3 atom stereocenters. The minimum atomic E-state index is -4.91. The second-order valence-corrected chi connectivity index (χ2v) is 14.1. The number of likely N-dealkylation sites (tertiary alicyclic amines) is 1. The molecule has 3 N–H and O–H groups in total. The first-order valence-corrected chi connectivity index (χ1v) is 15.5. The van der Waals surface area contributed by atoms with Gasteiger partial charge in [-0.1, -0.05) is 5.16 Å². The molecule has 5 aliphatic carbocycles. The molecule has 0 aromatic carbocycles. The van der Waals surface area contributed by atoms with Crippen LogP contribution in [-0.4, -0.2) is 71.1 Å². The Hall–Kier alpha value is -3.62. The minimum absolute atomic E-state index is 0.0704. The number of aromatic amines is 1. The number of amides is 2. The summed E-state index contributed by atoms with van der Waals surface area (Å²) < 4.78 is 61.1. The first-order valence-electron chi connectivity index (χ1n) is 15.5. The number of rotatable bonds is 8. The Labute approximate surface area is 254 Å². The Morgan fingerprint density at radius 1 is 1.11 bits per heavy atom. The number of halogens is 4. The van der Waals surface area contributed by atoms with Crippen molar-refractivity contribution in [2.45, 2.75) is 94.2 Å². The van der Waals surface area contributed by atoms with Crippen LogP contribution in [0.2, 0.25) is 0 Å². The summed E-state index contributed by atoms with van der Waals surface area (Å²) in [5, 5.41) is 21.2. The Kier molecular flexibility index (Phi) is 6.06. The number of fused-ring (bicyclic) bond motifs is 1. The Morgan fingerprint density at radius 2 is 1.80 bits per heavy atom. The molecule has 2 bridgehead atoms. The summed E-state index contributed by atoms with van der Waals surface area (Å²) in [5.74, 6) is 0.570. The largest absolute Gasteiger partial charge is 0.417 e. The number of nitrogens with one attached hydrogen (secondary N) is 2. The lowest BCUT2D eigenvalue weighted by atomic mass is 9.41. The summed E-state index contributed by atoms with van der Waals surface area (Å²) in [7, 11) is 0. The number of H-pyrrole nitrogens is 1. The van der Waals surface area contributed by atoms with Gasteiger partial charge in [0.2, 0.25) is 5.91 Å². The highest BCUT2D eigenvalue weighted by atomic mass is 19.4. The molecule has 240 valence electrons. The molecule has 9 rings (SSSR count). The lowest BCUT2D eigenvalue weighted by molar-refractivity contribution is -0.280. The van der Waals surface area contributed by atoms with Gasteiger partial charge in [0.1, 0.15) is 17.2 Å². The number of alkyl halides is 4. The zero-order valence-corrected chi connectivity index (χ0v) is 24.5. The van der Waals surface area contributed by atoms with Crippen molar-refractivity contribution in [2.75, 3.05) is 6.54 Å². The molecule has 3 aromatic rings. The second kappa shape index (κ2) is 9.46. The van der Waals surface area contributed by atoms with E-state index in [1.54, 1.807) is 13.0 Å². The first kappa shape index (κ1) is 28.8. The number of carbonyl (C=O) groups is 2. The number of nitrogens with zero attached hydrogens (tertiary/aromatic N) is 5. The average molecular weight is 632 g/mol. The van der Waals surface area contributed by atoms with Gasteiger partial charge in [0.05, 0.1) is 28.7 Å². The molecule has 15 heteroatoms. The van der Waals surface area contributed by atoms with Crippen LogP contribution in [-0.2, 0) is 4.79 Å². The zero-order chi connectivity index (χ0) is 31.5. The third kappa shape index (κ3) is 4.63. The van der Waals surface area contributed by atoms with Crippen molar-refractivity contribution in [3.63, 3.8) is 0 Å². The number of aromatic nitrogens is 5. The highest BCUT2D eigenvalue weighted by Gasteiger charge is 2.74. The molecule has 1 unspecified atom stereocenters. The maximum atomic E-state index is 14.3. The molecule has 6 aliphatic rings. The molecule has 0 radical (unpaired) electrons. The van der Waals surface area contributed by atoms with E-state index in [0.717, 1.165) is 25.7 Å². The summed E-state index contributed by atoms with van der Waals surface area (Å²) in [6, 6.07) is 1.49. The van der Waals surface area contributed by atoms with Crippen LogP contribution in [0.3, 0.4) is 0 Å². The SMILES string of the molecule is Cc1nonc1C(=O)NC(c1nc2nc([C@H]3C[C@](O)(C(F)(F)F)CCN3C(=O)C34CC(F)(C3)C4)ccc2[nH]1)C(C1CC1)C1CC1. The maximum absolute atomic E-state index is 14.3. The van der Waals surface area contributed by atoms with E-state index in [1.807, 2.05) is 0 Å². The van der Waals surface area contributed by atoms with Gasteiger partial charge in [0, 0.05) is 19.4 Å². The number of imidazole rings is 1. The highest BCUT2D eigenvalue weighted by Crippen LogP contribution is 2.70. The molecule has 1 saturated heterocycles. The van der Waals surface area contributed by atoms with E-state index in [-0.39, 0.29) is 48.8 Å². The number of piperidine rings is 1. The fraction of sp³-hybridized carbons (Fsp3) is 0.667. The van der Waals surface area contributed by atoms with E-state index in [9.17, 15) is 32.3 Å². The predicted octanol–water partition coefficient (Wildman–Crippen LogP) is 4.41. The van der Waals surface area contributed by atoms with E-state index < -0.39 is 59.6 Å². The van der Waals surface area contributed by atoms with Crippen LogP contribution in [0, 0.1) is 30.1 Å². The van der Waals surface area contributed by atoms with Gasteiger partial charge in [0.15, 0.2) is 16.9 Å². The summed E-state index contributed by atoms with van der Waals surface area (Å²) >= 11 is 0. The number of hydrogen-bond acceptors (Lipinski definition) is 8. The third-order valence-corrected chi connectivity index (χ3v) is 10.8. The van der Waals surface area contributed by atoms with Gasteiger partial charge in [0.25, 0.3) is 5.91 Å². The van der Waals surface area contributed by atoms with Crippen LogP contribution in [0.5, 0.6) is 0 Å². The van der Waals surface area contributed by atoms with Crippen LogP contribution in [0.15, 0.2) is 16.8 Å². The molecule has 3 aromatic heterocycles. The van der Waals surface area contributed by atoms with Gasteiger partial charge in [-0.2, -0.15) is 13.2 Å². The normalized spacial score (nSPS) is 31.9. The molecular weight excluding hydrogens is 598 g/mol. The van der Waals surface area contributed by atoms with Gasteiger partial charge in [-0.15, -0.1) is 0 Å². The van der Waals surface area contributed by atoms with Crippen LogP contribution < -0.4 is 5.32 Å². The van der Waals surface area contributed by atoms with Crippen molar-refractivity contribution < 1.29 is 36.9 Å². The van der Waals surface area contributed by atoms with Crippen molar-refractivity contribution >= 4 is 23.0 Å². The number of pyridine rings is 1. The number of aryl methyl sites for hydroxylation is 1. The van der Waals surface area contributed by atoms with Crippen molar-refractivity contribution in [1.29, 1.82) is 0 Å². The monoisotopic (exact) mass is 631 g/mol. The molecule has 6 fully saturated rings. The summed E-state index contributed by atoms with van der Waals surface area (Å²) in [4.78, 5) is 40.8. The highest BCUT2D eigenvalue weighted by molar-refractivity contribution is 5.93. The fourth-order valence-electron chi connectivity index (χ4n) is 8.10. The Balaban J connectivity index is 1.14. The topological polar surface area (TPSA) is 150 Å². The van der Waals surface area contributed by atoms with E-state index >= 15 is 0 Å². The van der Waals surface area contributed by atoms with Gasteiger partial charge in [-0.05, 0) is 86.9 Å². The number of aliphatic hydroxyl groups is 1. The van der Waals surface area contributed by atoms with Crippen LogP contribution in [0.4, 0.5) is 17.6 Å². The molecular formula is C30H33F4N7O4. The molecule has 4 heterocycles. The average Bonchev–Trinajstić information content (AvgIpc) is 3.89. The van der Waals surface area contributed by atoms with Crippen molar-refractivity contribution in [1.82, 2.24) is 35.5 Å². The smallest absolute Gasteiger partial charge is 0.380 e. The Morgan fingerprint density at radius 3 is 2.38 bits per heavy atom. The minimum Gasteiger partial charge on any atom is -0.380 e. The summed E-state index contributed by atoms with van der Waals surface area (Å²) in [6.07, 6.45) is -1.99. The zero-order valence-electron chi connectivity index (χ0n) is 24.5. The second-order valence-electron chi connectivity index (χ2n) is 14.1. The van der Waals surface area contributed by atoms with Crippen LogP contribution >= 0.6 is 0 Å². The standard InChI is InChI=1S/C30H33F4N7O4/c1-14-21(40-45-39-14)25(42)37-22(20(15-2-3-15)16-4-5-16)24-36-18-7-6-17(35-23(18)38-24)19-10-29(44,30(32,33)34)8-9-41(19)26(43)27-11-28(31,12-27)13-27/h6-7,15-16,19-20,22,44H,2-5,8-13H2,1H3,(H,37,42)(H,35,36,38)/t19-,22?,27?,28?,29+/m1/s1. The molecule has 2 amide bonds. The molecule has 1 aliphatic heterocycles. The quantitative estimate of drug-likeness (QED) is 0.310. The van der Waals surface area contributed by atoms with E-state index in [2.05, 4.69) is 25.6 Å². The van der Waals surface area contributed by atoms with Crippen LogP contribution in [0.25, 0.3) is 11.2 Å². The van der Waals surface area contributed by atoms with Crippen LogP contribution in [0.1, 0.15) is 97.6 Å². The summed E-state index contributed by atoms with van der Waals surface area (Å²) in [6.45, 7) is 1.29. The van der Waals surface area contributed by atoms with Crippen molar-refractivity contribution in [3.8, 4) is 0 Å². The van der Waals surface area contributed by atoms with E-state index in [0.29, 0.717) is 28.9 Å². The van der Waals surface area contributed by atoms with Gasteiger partial charge in [-0.25, -0.2) is 19.0 Å². The summed E-state index contributed by atoms with van der Waals surface area (Å²) in [5.41, 5.74) is -3.95. The molecule has 5 saturated carbocycles. The lowest BCUT2D eigenvalue weighted by Crippen LogP contribution is -2.71. The Bertz CT molecular complexity index is 1670. The molecule has 45 heavy (non-hydrogen) atoms. The first-order chi connectivity index (χ1) is 21.3. The van der Waals surface area contributed by atoms with Gasteiger partial charge < -0.3 is 20.3 Å². The van der Waals surface area contributed by atoms with Gasteiger partial charge >= 0.3 is 6.18 Å². The molecule has 11 nitrogen and oxygen atoms in total. The fourth-order valence-corrected chi connectivity index (χ4v) is 8.10. The number of carbonyl (C=O) groups excluding carboxylic acids is 2. The third-order valence-electron chi connectivity index (χ3n) is 10.8. The number of hydrogen-bond donors (Lipinski definition) is 3. The van der Waals surface area contributed by atoms with Crippen molar-refractivity contribution in [3.05, 3.63) is 35.0 Å². The predicted molar refractivity (Wildman–Crippen MR) is 147 cm³/mol. The van der Waals surface area contributed by atoms with Crippen molar-refractivity contribution in [2.24, 2.45) is 23.2 Å². The lowest BCUT2D eigenvalue weighted by Gasteiger charge is -2.65. The van der Waals surface area contributed by atoms with E-state index in [1.165, 1.54) is 11.0 Å².